The van der Waals surface area contributed by atoms with E-state index < -0.39 is 9.84 Å². The van der Waals surface area contributed by atoms with Crippen LogP contribution in [0.4, 0.5) is 5.69 Å². The van der Waals surface area contributed by atoms with Gasteiger partial charge in [-0.1, -0.05) is 12.1 Å². The third-order valence-electron chi connectivity index (χ3n) is 3.43. The minimum Gasteiger partial charge on any atom is -0.368 e. The van der Waals surface area contributed by atoms with Crippen molar-refractivity contribution in [2.75, 3.05) is 24.2 Å². The molecule has 20 heavy (non-hydrogen) atoms. The molecule has 6 heteroatoms. The first-order chi connectivity index (χ1) is 9.38. The Labute approximate surface area is 119 Å². The van der Waals surface area contributed by atoms with Gasteiger partial charge in [-0.25, -0.2) is 8.42 Å². The number of carbonyl (C=O) groups is 1. The van der Waals surface area contributed by atoms with Crippen molar-refractivity contribution in [2.24, 2.45) is 0 Å². The van der Waals surface area contributed by atoms with Crippen molar-refractivity contribution in [3.05, 3.63) is 24.3 Å². The average molecular weight is 296 g/mol. The van der Waals surface area contributed by atoms with Crippen molar-refractivity contribution < 1.29 is 13.2 Å². The van der Waals surface area contributed by atoms with Crippen LogP contribution in [0.2, 0.25) is 0 Å². The Balaban J connectivity index is 2.25. The largest absolute Gasteiger partial charge is 0.368 e. The number of sulfone groups is 1. The molecule has 1 atom stereocenters. The van der Waals surface area contributed by atoms with Gasteiger partial charge in [0.05, 0.1) is 10.6 Å². The number of amides is 1. The number of nitrogens with one attached hydrogen (secondary N) is 1. The highest BCUT2D eigenvalue weighted by Crippen LogP contribution is 2.27. The SMILES string of the molecule is CC(=O)N[C@@H]1CCCN(c2ccccc2S(C)(=O)=O)C1. The molecule has 2 rings (SSSR count). The van der Waals surface area contributed by atoms with Gasteiger partial charge in [-0.3, -0.25) is 4.79 Å². The summed E-state index contributed by atoms with van der Waals surface area (Å²) in [4.78, 5) is 13.5. The minimum absolute atomic E-state index is 0.0479. The van der Waals surface area contributed by atoms with Crippen LogP contribution < -0.4 is 10.2 Å². The number of para-hydroxylation sites is 1. The van der Waals surface area contributed by atoms with Crippen molar-refractivity contribution in [1.29, 1.82) is 0 Å². The predicted octanol–water partition coefficient (Wildman–Crippen LogP) is 1.20. The van der Waals surface area contributed by atoms with E-state index in [1.54, 1.807) is 12.1 Å². The van der Waals surface area contributed by atoms with Crippen LogP contribution in [-0.4, -0.2) is 39.7 Å². The van der Waals surface area contributed by atoms with Crippen LogP contribution in [0.1, 0.15) is 19.8 Å². The zero-order valence-corrected chi connectivity index (χ0v) is 12.6. The highest BCUT2D eigenvalue weighted by atomic mass is 32.2. The molecule has 0 unspecified atom stereocenters. The van der Waals surface area contributed by atoms with Crippen molar-refractivity contribution in [1.82, 2.24) is 5.32 Å². The Morgan fingerprint density at radius 3 is 2.70 bits per heavy atom. The normalized spacial score (nSPS) is 19.7. The summed E-state index contributed by atoms with van der Waals surface area (Å²) in [7, 11) is -3.25. The van der Waals surface area contributed by atoms with E-state index >= 15 is 0 Å². The first kappa shape index (κ1) is 14.8. The van der Waals surface area contributed by atoms with E-state index in [4.69, 9.17) is 0 Å². The maximum Gasteiger partial charge on any atom is 0.217 e. The number of hydrogen-bond donors (Lipinski definition) is 1. The molecule has 1 aliphatic heterocycles. The average Bonchev–Trinajstić information content (AvgIpc) is 2.37. The number of hydrogen-bond acceptors (Lipinski definition) is 4. The molecule has 1 fully saturated rings. The van der Waals surface area contributed by atoms with E-state index in [1.807, 2.05) is 17.0 Å². The molecule has 0 saturated carbocycles. The molecular formula is C14H20N2O3S. The second kappa shape index (κ2) is 5.83. The maximum atomic E-state index is 11.9. The van der Waals surface area contributed by atoms with Gasteiger partial charge in [-0.15, -0.1) is 0 Å². The molecule has 1 saturated heterocycles. The van der Waals surface area contributed by atoms with E-state index in [0.717, 1.165) is 25.1 Å². The number of anilines is 1. The number of nitrogens with zero attached hydrogens (tertiary/aromatic N) is 1. The number of rotatable bonds is 3. The first-order valence-corrected chi connectivity index (χ1v) is 8.58. The van der Waals surface area contributed by atoms with Crippen molar-refractivity contribution in [3.63, 3.8) is 0 Å². The summed E-state index contributed by atoms with van der Waals surface area (Å²) < 4.78 is 23.7. The molecule has 0 radical (unpaired) electrons. The summed E-state index contributed by atoms with van der Waals surface area (Å²) in [5, 5.41) is 2.91. The summed E-state index contributed by atoms with van der Waals surface area (Å²) >= 11 is 0. The zero-order valence-electron chi connectivity index (χ0n) is 11.8. The quantitative estimate of drug-likeness (QED) is 0.910. The Bertz CT molecular complexity index is 598. The summed E-state index contributed by atoms with van der Waals surface area (Å²) in [5.74, 6) is -0.0479. The van der Waals surface area contributed by atoms with Gasteiger partial charge in [-0.2, -0.15) is 0 Å². The fraction of sp³-hybridized carbons (Fsp3) is 0.500. The molecule has 1 N–H and O–H groups in total. The molecule has 0 spiro atoms. The summed E-state index contributed by atoms with van der Waals surface area (Å²) in [5.41, 5.74) is 0.727. The topological polar surface area (TPSA) is 66.5 Å². The lowest BCUT2D eigenvalue weighted by molar-refractivity contribution is -0.119. The van der Waals surface area contributed by atoms with Crippen molar-refractivity contribution in [2.45, 2.75) is 30.7 Å². The smallest absolute Gasteiger partial charge is 0.217 e. The van der Waals surface area contributed by atoms with Crippen LogP contribution in [0.25, 0.3) is 0 Å². The first-order valence-electron chi connectivity index (χ1n) is 6.69. The third kappa shape index (κ3) is 3.50. The van der Waals surface area contributed by atoms with E-state index in [1.165, 1.54) is 13.2 Å². The van der Waals surface area contributed by atoms with Crippen LogP contribution in [-0.2, 0) is 14.6 Å². The van der Waals surface area contributed by atoms with Gasteiger partial charge in [0.2, 0.25) is 5.91 Å². The number of piperidine rings is 1. The molecule has 0 aliphatic carbocycles. The highest BCUT2D eigenvalue weighted by molar-refractivity contribution is 7.90. The Morgan fingerprint density at radius 2 is 2.05 bits per heavy atom. The third-order valence-corrected chi connectivity index (χ3v) is 4.58. The monoisotopic (exact) mass is 296 g/mol. The highest BCUT2D eigenvalue weighted by Gasteiger charge is 2.24. The fourth-order valence-corrected chi connectivity index (χ4v) is 3.54. The predicted molar refractivity (Wildman–Crippen MR) is 78.6 cm³/mol. The molecule has 1 aliphatic rings. The standard InChI is InChI=1S/C14H20N2O3S/c1-11(17)15-12-6-5-9-16(10-12)13-7-3-4-8-14(13)20(2,18)19/h3-4,7-8,12H,5-6,9-10H2,1-2H3,(H,15,17)/t12-/m1/s1. The number of benzene rings is 1. The molecule has 1 amide bonds. The van der Waals surface area contributed by atoms with Crippen LogP contribution in [0.5, 0.6) is 0 Å². The molecular weight excluding hydrogens is 276 g/mol. The Morgan fingerprint density at radius 1 is 1.35 bits per heavy atom. The fourth-order valence-electron chi connectivity index (χ4n) is 2.63. The Hall–Kier alpha value is -1.56. The molecule has 1 aromatic rings. The lowest BCUT2D eigenvalue weighted by Crippen LogP contribution is -2.47. The summed E-state index contributed by atoms with van der Waals surface area (Å²) in [6.45, 7) is 2.96. The van der Waals surface area contributed by atoms with Gasteiger partial charge in [0.15, 0.2) is 9.84 Å². The van der Waals surface area contributed by atoms with E-state index in [-0.39, 0.29) is 11.9 Å². The molecule has 1 heterocycles. The van der Waals surface area contributed by atoms with Gasteiger partial charge in [0, 0.05) is 32.3 Å². The van der Waals surface area contributed by atoms with Gasteiger partial charge in [0.25, 0.3) is 0 Å². The van der Waals surface area contributed by atoms with Crippen molar-refractivity contribution >= 4 is 21.4 Å². The van der Waals surface area contributed by atoms with Crippen LogP contribution in [0, 0.1) is 0 Å². The van der Waals surface area contributed by atoms with Crippen LogP contribution >= 0.6 is 0 Å². The number of carbonyl (C=O) groups excluding carboxylic acids is 1. The van der Waals surface area contributed by atoms with Gasteiger partial charge in [0.1, 0.15) is 0 Å². The second-order valence-electron chi connectivity index (χ2n) is 5.23. The van der Waals surface area contributed by atoms with Gasteiger partial charge in [-0.05, 0) is 25.0 Å². The summed E-state index contributed by atoms with van der Waals surface area (Å²) in [6, 6.07) is 7.11. The van der Waals surface area contributed by atoms with E-state index in [9.17, 15) is 13.2 Å². The van der Waals surface area contributed by atoms with Crippen molar-refractivity contribution in [3.8, 4) is 0 Å². The summed E-state index contributed by atoms with van der Waals surface area (Å²) in [6.07, 6.45) is 3.08. The van der Waals surface area contributed by atoms with E-state index in [2.05, 4.69) is 5.32 Å². The lowest BCUT2D eigenvalue weighted by Gasteiger charge is -2.35. The van der Waals surface area contributed by atoms with E-state index in [0.29, 0.717) is 11.4 Å². The maximum absolute atomic E-state index is 11.9. The lowest BCUT2D eigenvalue weighted by atomic mass is 10.0. The molecule has 1 aromatic carbocycles. The molecule has 0 bridgehead atoms. The Kier molecular flexibility index (Phi) is 4.32. The minimum atomic E-state index is -3.25. The molecule has 110 valence electrons. The second-order valence-corrected chi connectivity index (χ2v) is 7.21. The van der Waals surface area contributed by atoms with Crippen LogP contribution in [0.15, 0.2) is 29.2 Å². The van der Waals surface area contributed by atoms with Gasteiger partial charge < -0.3 is 10.2 Å². The molecule has 0 aromatic heterocycles. The zero-order chi connectivity index (χ0) is 14.8. The van der Waals surface area contributed by atoms with Gasteiger partial charge >= 0.3 is 0 Å². The molecule has 5 nitrogen and oxygen atoms in total. The van der Waals surface area contributed by atoms with Crippen LogP contribution in [0.3, 0.4) is 0 Å².